The molecule has 1 aromatic heterocycles. The Balaban J connectivity index is 2.55. The minimum absolute atomic E-state index is 0.431. The van der Waals surface area contributed by atoms with Crippen molar-refractivity contribution in [3.8, 4) is 5.69 Å². The molecule has 0 radical (unpaired) electrons. The topological polar surface area (TPSA) is 30.7 Å². The molecule has 0 amide bonds. The first kappa shape index (κ1) is 12.1. The number of halogens is 1. The molecule has 0 saturated carbocycles. The van der Waals surface area contributed by atoms with Crippen LogP contribution >= 0.6 is 11.6 Å². The molecule has 1 aromatic carbocycles. The highest BCUT2D eigenvalue weighted by molar-refractivity contribution is 6.28. The Hall–Kier alpha value is -1.35. The van der Waals surface area contributed by atoms with Crippen LogP contribution < -0.4 is 0 Å². The van der Waals surface area contributed by atoms with Crippen LogP contribution in [0.1, 0.15) is 30.3 Å². The SMILES string of the molecule is CCCc1nnc(Cl)n1-c1ccc(C)cc1C. The second-order valence-corrected chi connectivity index (χ2v) is 4.60. The molecule has 0 bridgehead atoms. The van der Waals surface area contributed by atoms with Gasteiger partial charge in [0.25, 0.3) is 0 Å². The van der Waals surface area contributed by atoms with Gasteiger partial charge in [-0.05, 0) is 43.5 Å². The van der Waals surface area contributed by atoms with Gasteiger partial charge in [0, 0.05) is 6.42 Å². The number of hydrogen-bond acceptors (Lipinski definition) is 2. The van der Waals surface area contributed by atoms with Crippen molar-refractivity contribution >= 4 is 11.6 Å². The Kier molecular flexibility index (Phi) is 3.48. The molecule has 90 valence electrons. The van der Waals surface area contributed by atoms with Crippen LogP contribution in [-0.2, 0) is 6.42 Å². The zero-order chi connectivity index (χ0) is 12.4. The van der Waals surface area contributed by atoms with E-state index in [2.05, 4.69) is 49.2 Å². The highest BCUT2D eigenvalue weighted by atomic mass is 35.5. The van der Waals surface area contributed by atoms with Gasteiger partial charge in [0.05, 0.1) is 5.69 Å². The maximum absolute atomic E-state index is 6.12. The summed E-state index contributed by atoms with van der Waals surface area (Å²) in [5.41, 5.74) is 3.49. The highest BCUT2D eigenvalue weighted by Crippen LogP contribution is 2.22. The number of nitrogens with zero attached hydrogens (tertiary/aromatic N) is 3. The zero-order valence-electron chi connectivity index (χ0n) is 10.4. The lowest BCUT2D eigenvalue weighted by Crippen LogP contribution is -2.03. The number of rotatable bonds is 3. The summed E-state index contributed by atoms with van der Waals surface area (Å²) in [5.74, 6) is 0.921. The van der Waals surface area contributed by atoms with Crippen molar-refractivity contribution in [2.24, 2.45) is 0 Å². The van der Waals surface area contributed by atoms with Crippen molar-refractivity contribution in [3.63, 3.8) is 0 Å². The first-order valence-electron chi connectivity index (χ1n) is 5.81. The van der Waals surface area contributed by atoms with E-state index < -0.39 is 0 Å². The molecule has 0 saturated heterocycles. The van der Waals surface area contributed by atoms with Gasteiger partial charge in [0.2, 0.25) is 5.28 Å². The van der Waals surface area contributed by atoms with Crippen LogP contribution in [0, 0.1) is 13.8 Å². The van der Waals surface area contributed by atoms with Gasteiger partial charge in [-0.3, -0.25) is 4.57 Å². The van der Waals surface area contributed by atoms with Gasteiger partial charge >= 0.3 is 0 Å². The molecule has 0 aliphatic heterocycles. The van der Waals surface area contributed by atoms with Gasteiger partial charge in [-0.15, -0.1) is 10.2 Å². The molecular weight excluding hydrogens is 234 g/mol. The van der Waals surface area contributed by atoms with E-state index >= 15 is 0 Å². The maximum Gasteiger partial charge on any atom is 0.229 e. The minimum atomic E-state index is 0.431. The van der Waals surface area contributed by atoms with Gasteiger partial charge in [-0.2, -0.15) is 0 Å². The predicted octanol–water partition coefficient (Wildman–Crippen LogP) is 3.49. The third kappa shape index (κ3) is 2.34. The van der Waals surface area contributed by atoms with Crippen molar-refractivity contribution in [3.05, 3.63) is 40.4 Å². The number of benzene rings is 1. The lowest BCUT2D eigenvalue weighted by atomic mass is 10.1. The van der Waals surface area contributed by atoms with Crippen LogP contribution in [0.3, 0.4) is 0 Å². The standard InChI is InChI=1S/C13H16ClN3/c1-4-5-12-15-16-13(14)17(12)11-7-6-9(2)8-10(11)3/h6-8H,4-5H2,1-3H3. The molecule has 17 heavy (non-hydrogen) atoms. The Labute approximate surface area is 106 Å². The molecule has 3 nitrogen and oxygen atoms in total. The minimum Gasteiger partial charge on any atom is -0.269 e. The van der Waals surface area contributed by atoms with Crippen molar-refractivity contribution < 1.29 is 0 Å². The lowest BCUT2D eigenvalue weighted by molar-refractivity contribution is 0.801. The van der Waals surface area contributed by atoms with Crippen LogP contribution in [0.5, 0.6) is 0 Å². The molecule has 0 spiro atoms. The van der Waals surface area contributed by atoms with E-state index in [1.165, 1.54) is 11.1 Å². The van der Waals surface area contributed by atoms with Crippen molar-refractivity contribution in [1.82, 2.24) is 14.8 Å². The van der Waals surface area contributed by atoms with Gasteiger partial charge in [-0.1, -0.05) is 24.6 Å². The average Bonchev–Trinajstić information content (AvgIpc) is 2.62. The molecule has 2 rings (SSSR count). The lowest BCUT2D eigenvalue weighted by Gasteiger charge is -2.11. The summed E-state index contributed by atoms with van der Waals surface area (Å²) in [5, 5.41) is 8.51. The van der Waals surface area contributed by atoms with Crippen molar-refractivity contribution in [1.29, 1.82) is 0 Å². The summed E-state index contributed by atoms with van der Waals surface area (Å²) in [4.78, 5) is 0. The number of hydrogen-bond donors (Lipinski definition) is 0. The second kappa shape index (κ2) is 4.88. The monoisotopic (exact) mass is 249 g/mol. The van der Waals surface area contributed by atoms with Gasteiger partial charge in [-0.25, -0.2) is 0 Å². The summed E-state index contributed by atoms with van der Waals surface area (Å²) in [6.07, 6.45) is 1.91. The van der Waals surface area contributed by atoms with Crippen LogP contribution in [0.4, 0.5) is 0 Å². The Morgan fingerprint density at radius 1 is 1.24 bits per heavy atom. The molecule has 4 heteroatoms. The van der Waals surface area contributed by atoms with E-state index in [1.54, 1.807) is 0 Å². The van der Waals surface area contributed by atoms with E-state index in [-0.39, 0.29) is 0 Å². The first-order valence-corrected chi connectivity index (χ1v) is 6.18. The van der Waals surface area contributed by atoms with Gasteiger partial charge in [0.1, 0.15) is 5.82 Å². The molecule has 2 aromatic rings. The zero-order valence-corrected chi connectivity index (χ0v) is 11.1. The summed E-state index contributed by atoms with van der Waals surface area (Å²) in [6, 6.07) is 6.29. The second-order valence-electron chi connectivity index (χ2n) is 4.26. The van der Waals surface area contributed by atoms with Gasteiger partial charge in [0.15, 0.2) is 0 Å². The molecule has 0 aliphatic rings. The normalized spacial score (nSPS) is 10.8. The molecule has 0 fully saturated rings. The van der Waals surface area contributed by atoms with E-state index in [0.29, 0.717) is 5.28 Å². The van der Waals surface area contributed by atoms with E-state index in [1.807, 2.05) is 4.57 Å². The number of aryl methyl sites for hydroxylation is 3. The first-order chi connectivity index (χ1) is 8.13. The molecule has 0 atom stereocenters. The smallest absolute Gasteiger partial charge is 0.229 e. The van der Waals surface area contributed by atoms with Crippen LogP contribution in [-0.4, -0.2) is 14.8 Å². The Morgan fingerprint density at radius 3 is 2.65 bits per heavy atom. The third-order valence-electron chi connectivity index (χ3n) is 2.76. The van der Waals surface area contributed by atoms with Crippen LogP contribution in [0.25, 0.3) is 5.69 Å². The quantitative estimate of drug-likeness (QED) is 0.834. The largest absolute Gasteiger partial charge is 0.269 e. The highest BCUT2D eigenvalue weighted by Gasteiger charge is 2.12. The molecule has 0 unspecified atom stereocenters. The fourth-order valence-electron chi connectivity index (χ4n) is 1.98. The van der Waals surface area contributed by atoms with Crippen LogP contribution in [0.15, 0.2) is 18.2 Å². The molecular formula is C13H16ClN3. The molecule has 0 aliphatic carbocycles. The van der Waals surface area contributed by atoms with Gasteiger partial charge < -0.3 is 0 Å². The predicted molar refractivity (Wildman–Crippen MR) is 69.8 cm³/mol. The average molecular weight is 250 g/mol. The number of aromatic nitrogens is 3. The fraction of sp³-hybridized carbons (Fsp3) is 0.385. The van der Waals surface area contributed by atoms with Crippen molar-refractivity contribution in [2.75, 3.05) is 0 Å². The summed E-state index contributed by atoms with van der Waals surface area (Å²) < 4.78 is 1.93. The molecule has 0 N–H and O–H groups in total. The maximum atomic E-state index is 6.12. The third-order valence-corrected chi connectivity index (χ3v) is 3.00. The summed E-state index contributed by atoms with van der Waals surface area (Å²) in [7, 11) is 0. The fourth-order valence-corrected chi connectivity index (χ4v) is 2.20. The van der Waals surface area contributed by atoms with Crippen LogP contribution in [0.2, 0.25) is 5.28 Å². The van der Waals surface area contributed by atoms with Crippen molar-refractivity contribution in [2.45, 2.75) is 33.6 Å². The Morgan fingerprint density at radius 2 is 2.00 bits per heavy atom. The van der Waals surface area contributed by atoms with E-state index in [4.69, 9.17) is 11.6 Å². The molecule has 1 heterocycles. The Bertz CT molecular complexity index is 531. The van der Waals surface area contributed by atoms with E-state index in [9.17, 15) is 0 Å². The van der Waals surface area contributed by atoms with E-state index in [0.717, 1.165) is 24.4 Å². The summed E-state index contributed by atoms with van der Waals surface area (Å²) in [6.45, 7) is 6.28. The summed E-state index contributed by atoms with van der Waals surface area (Å²) >= 11 is 6.12.